The van der Waals surface area contributed by atoms with Crippen molar-refractivity contribution < 1.29 is 9.53 Å². The van der Waals surface area contributed by atoms with Crippen molar-refractivity contribution in [1.82, 2.24) is 4.98 Å². The van der Waals surface area contributed by atoms with Gasteiger partial charge in [-0.1, -0.05) is 24.3 Å². The van der Waals surface area contributed by atoms with E-state index in [0.717, 1.165) is 56.5 Å². The van der Waals surface area contributed by atoms with E-state index in [4.69, 9.17) is 15.5 Å². The van der Waals surface area contributed by atoms with Gasteiger partial charge in [-0.2, -0.15) is 0 Å². The molecule has 5 nitrogen and oxygen atoms in total. The monoisotopic (exact) mass is 557 g/mol. The van der Waals surface area contributed by atoms with Crippen molar-refractivity contribution in [2.75, 3.05) is 18.6 Å². The summed E-state index contributed by atoms with van der Waals surface area (Å²) in [6.07, 6.45) is 12.9. The lowest BCUT2D eigenvalue weighted by atomic mass is 9.78. The average molecular weight is 558 g/mol. The molecule has 1 heterocycles. The van der Waals surface area contributed by atoms with Crippen LogP contribution in [-0.2, 0) is 4.79 Å². The summed E-state index contributed by atoms with van der Waals surface area (Å²) in [6.45, 7) is 2.93. The molecule has 3 saturated carbocycles. The van der Waals surface area contributed by atoms with Crippen molar-refractivity contribution in [2.45, 2.75) is 89.0 Å². The Labute approximate surface area is 243 Å². The van der Waals surface area contributed by atoms with Crippen LogP contribution in [0.5, 0.6) is 5.75 Å². The second-order valence-corrected chi connectivity index (χ2v) is 13.5. The molecule has 6 rings (SSSR count). The van der Waals surface area contributed by atoms with Gasteiger partial charge >= 0.3 is 0 Å². The van der Waals surface area contributed by atoms with E-state index >= 15 is 0 Å². The highest BCUT2D eigenvalue weighted by Crippen LogP contribution is 2.44. The lowest BCUT2D eigenvalue weighted by Gasteiger charge is -2.36. The Balaban J connectivity index is 1.19. The third-order valence-electron chi connectivity index (χ3n) is 9.46. The topological polar surface area (TPSA) is 68.5 Å². The molecule has 0 saturated heterocycles. The van der Waals surface area contributed by atoms with Crippen LogP contribution in [0.1, 0.15) is 92.2 Å². The minimum Gasteiger partial charge on any atom is -0.496 e. The third-order valence-corrected chi connectivity index (χ3v) is 10.7. The fraction of sp³-hybridized carbons (Fsp3) is 0.529. The number of rotatable bonds is 8. The van der Waals surface area contributed by atoms with Crippen LogP contribution in [0, 0.1) is 18.8 Å². The number of hydrogen-bond donors (Lipinski definition) is 1. The highest BCUT2D eigenvalue weighted by Gasteiger charge is 2.32. The second kappa shape index (κ2) is 12.0. The highest BCUT2D eigenvalue weighted by molar-refractivity contribution is 7.15. The molecule has 3 aliphatic rings. The molecule has 3 aromatic rings. The number of nitrogens with two attached hydrogens (primary N) is 1. The first kappa shape index (κ1) is 27.5. The molecule has 0 unspecified atom stereocenters. The zero-order valence-corrected chi connectivity index (χ0v) is 24.8. The quantitative estimate of drug-likeness (QED) is 0.306. The Kier molecular flexibility index (Phi) is 8.27. The van der Waals surface area contributed by atoms with Gasteiger partial charge in [0.2, 0.25) is 5.91 Å². The van der Waals surface area contributed by atoms with Crippen LogP contribution in [0.4, 0.5) is 5.69 Å². The molecule has 40 heavy (non-hydrogen) atoms. The molecule has 0 spiro atoms. The molecule has 1 aromatic heterocycles. The number of hydrogen-bond acceptors (Lipinski definition) is 5. The molecule has 2 N–H and O–H groups in total. The fourth-order valence-corrected chi connectivity index (χ4v) is 7.85. The van der Waals surface area contributed by atoms with E-state index < -0.39 is 0 Å². The maximum Gasteiger partial charge on any atom is 0.230 e. The molecule has 0 bridgehead atoms. The minimum atomic E-state index is 0.0759. The van der Waals surface area contributed by atoms with E-state index in [-0.39, 0.29) is 12.0 Å². The van der Waals surface area contributed by atoms with E-state index in [1.807, 2.05) is 17.5 Å². The van der Waals surface area contributed by atoms with Gasteiger partial charge in [0.25, 0.3) is 0 Å². The number of thiazole rings is 1. The first-order valence-corrected chi connectivity index (χ1v) is 16.1. The predicted octanol–water partition coefficient (Wildman–Crippen LogP) is 7.83. The lowest BCUT2D eigenvalue weighted by Crippen LogP contribution is -2.42. The number of benzene rings is 2. The molecule has 3 aliphatic carbocycles. The molecule has 0 atom stereocenters. The lowest BCUT2D eigenvalue weighted by molar-refractivity contribution is -0.123. The van der Waals surface area contributed by atoms with E-state index in [9.17, 15) is 4.79 Å². The molecule has 212 valence electrons. The average Bonchev–Trinajstić information content (AvgIpc) is 3.72. The van der Waals surface area contributed by atoms with Gasteiger partial charge < -0.3 is 15.4 Å². The number of aromatic nitrogens is 1. The number of anilines is 1. The van der Waals surface area contributed by atoms with Gasteiger partial charge in [0.1, 0.15) is 5.75 Å². The normalized spacial score (nSPS) is 25.0. The molecule has 1 amide bonds. The van der Waals surface area contributed by atoms with Crippen molar-refractivity contribution in [3.8, 4) is 16.2 Å². The summed E-state index contributed by atoms with van der Waals surface area (Å²) < 4.78 is 5.47. The maximum atomic E-state index is 14.1. The van der Waals surface area contributed by atoms with E-state index in [1.54, 1.807) is 7.11 Å². The van der Waals surface area contributed by atoms with Gasteiger partial charge in [0.15, 0.2) is 0 Å². The largest absolute Gasteiger partial charge is 0.496 e. The standard InChI is InChI=1S/C34H43N3O2S/c1-22-18-27(14-17-31(22)39-2)24-8-6-23(7-9-24)21-37(34(38)26-12-15-29(35)16-13-26)30-5-3-4-28(19-30)32-20-36-33(40-32)25-10-11-25/h3-5,14,17-20,23-26,29H,6-13,15-16,21,35H2,1-2H3. The molecule has 6 heteroatoms. The third kappa shape index (κ3) is 6.13. The van der Waals surface area contributed by atoms with E-state index in [1.165, 1.54) is 52.3 Å². The molecule has 0 aliphatic heterocycles. The van der Waals surface area contributed by atoms with E-state index in [2.05, 4.69) is 54.3 Å². The summed E-state index contributed by atoms with van der Waals surface area (Å²) >= 11 is 1.81. The van der Waals surface area contributed by atoms with Crippen LogP contribution in [0.3, 0.4) is 0 Å². The highest BCUT2D eigenvalue weighted by atomic mass is 32.1. The number of ether oxygens (including phenoxy) is 1. The summed E-state index contributed by atoms with van der Waals surface area (Å²) in [4.78, 5) is 22.1. The van der Waals surface area contributed by atoms with Gasteiger partial charge in [-0.15, -0.1) is 11.3 Å². The minimum absolute atomic E-state index is 0.0759. The predicted molar refractivity (Wildman–Crippen MR) is 164 cm³/mol. The number of carbonyl (C=O) groups is 1. The molecule has 0 radical (unpaired) electrons. The Morgan fingerprint density at radius 2 is 1.73 bits per heavy atom. The summed E-state index contributed by atoms with van der Waals surface area (Å²) in [5, 5.41) is 1.26. The van der Waals surface area contributed by atoms with Gasteiger partial charge in [-0.25, -0.2) is 4.98 Å². The summed E-state index contributed by atoms with van der Waals surface area (Å²) in [5.41, 5.74) is 11.0. The van der Waals surface area contributed by atoms with Crippen LogP contribution in [0.25, 0.3) is 10.4 Å². The first-order valence-electron chi connectivity index (χ1n) is 15.3. The van der Waals surface area contributed by atoms with Crippen molar-refractivity contribution >= 4 is 22.9 Å². The van der Waals surface area contributed by atoms with Crippen LogP contribution in [0.2, 0.25) is 0 Å². The maximum absolute atomic E-state index is 14.1. The SMILES string of the molecule is COc1ccc(C2CCC(CN(C(=O)C3CCC(N)CC3)c3cccc(-c4cnc(C5CC5)s4)c3)CC2)cc1C. The smallest absolute Gasteiger partial charge is 0.230 e. The summed E-state index contributed by atoms with van der Waals surface area (Å²) in [5.74, 6) is 3.08. The first-order chi connectivity index (χ1) is 19.5. The van der Waals surface area contributed by atoms with Crippen LogP contribution >= 0.6 is 11.3 Å². The van der Waals surface area contributed by atoms with Gasteiger partial charge in [-0.05, 0) is 118 Å². The van der Waals surface area contributed by atoms with Crippen molar-refractivity contribution in [1.29, 1.82) is 0 Å². The molecular formula is C34H43N3O2S. The van der Waals surface area contributed by atoms with E-state index in [0.29, 0.717) is 23.7 Å². The molecular weight excluding hydrogens is 514 g/mol. The van der Waals surface area contributed by atoms with Gasteiger partial charge in [-0.3, -0.25) is 4.79 Å². The second-order valence-electron chi connectivity index (χ2n) is 12.4. The van der Waals surface area contributed by atoms with Crippen molar-refractivity contribution in [3.05, 3.63) is 64.8 Å². The number of methoxy groups -OCH3 is 1. The number of nitrogens with zero attached hydrogens (tertiary/aromatic N) is 2. The number of amides is 1. The summed E-state index contributed by atoms with van der Waals surface area (Å²) in [7, 11) is 1.74. The Bertz CT molecular complexity index is 1320. The van der Waals surface area contributed by atoms with Crippen LogP contribution in [0.15, 0.2) is 48.7 Å². The number of aryl methyl sites for hydroxylation is 1. The van der Waals surface area contributed by atoms with Crippen LogP contribution < -0.4 is 15.4 Å². The fourth-order valence-electron chi connectivity index (χ4n) is 6.77. The number of carbonyl (C=O) groups excluding carboxylic acids is 1. The van der Waals surface area contributed by atoms with Gasteiger partial charge in [0.05, 0.1) is 17.0 Å². The summed E-state index contributed by atoms with van der Waals surface area (Å²) in [6, 6.07) is 15.5. The Morgan fingerprint density at radius 1 is 0.975 bits per heavy atom. The van der Waals surface area contributed by atoms with Crippen molar-refractivity contribution in [2.24, 2.45) is 17.6 Å². The zero-order chi connectivity index (χ0) is 27.6. The zero-order valence-electron chi connectivity index (χ0n) is 24.0. The molecule has 2 aromatic carbocycles. The van der Waals surface area contributed by atoms with Crippen molar-refractivity contribution in [3.63, 3.8) is 0 Å². The van der Waals surface area contributed by atoms with Crippen LogP contribution in [-0.4, -0.2) is 30.6 Å². The van der Waals surface area contributed by atoms with Gasteiger partial charge in [0, 0.05) is 36.3 Å². The molecule has 3 fully saturated rings. The Hall–Kier alpha value is -2.70. The Morgan fingerprint density at radius 3 is 2.42 bits per heavy atom.